The Morgan fingerprint density at radius 1 is 1.62 bits per heavy atom. The molecule has 0 bridgehead atoms. The normalized spacial score (nSPS) is 10.2. The van der Waals surface area contributed by atoms with Gasteiger partial charge in [-0.1, -0.05) is 0 Å². The Balaban J connectivity index is 2.94. The Hall–Kier alpha value is -1.56. The Labute approximate surface area is 73.3 Å². The van der Waals surface area contributed by atoms with Crippen LogP contribution in [0.4, 0.5) is 0 Å². The lowest BCUT2D eigenvalue weighted by Gasteiger charge is -1.93. The number of nitrogens with one attached hydrogen (secondary N) is 1. The third-order valence-electron chi connectivity index (χ3n) is 1.59. The van der Waals surface area contributed by atoms with E-state index in [1.807, 2.05) is 5.16 Å². The van der Waals surface area contributed by atoms with E-state index in [4.69, 9.17) is 10.8 Å². The molecular weight excluding hydrogens is 176 g/mol. The second kappa shape index (κ2) is 3.90. The van der Waals surface area contributed by atoms with Crippen molar-refractivity contribution in [2.45, 2.75) is 12.8 Å². The maximum Gasteiger partial charge on any atom is 0.345 e. The molecule has 1 aromatic heterocycles. The fourth-order valence-electron chi connectivity index (χ4n) is 0.992. The van der Waals surface area contributed by atoms with Gasteiger partial charge in [0.05, 0.1) is 0 Å². The van der Waals surface area contributed by atoms with Crippen molar-refractivity contribution < 1.29 is 14.4 Å². The molecule has 4 N–H and O–H groups in total. The third-order valence-corrected chi connectivity index (χ3v) is 1.59. The lowest BCUT2D eigenvalue weighted by molar-refractivity contribution is 0.0693. The molecule has 1 rings (SSSR count). The number of hydrogen-bond acceptors (Lipinski definition) is 4. The van der Waals surface area contributed by atoms with Crippen molar-refractivity contribution in [3.63, 3.8) is 0 Å². The molecule has 6 heteroatoms. The van der Waals surface area contributed by atoms with E-state index < -0.39 is 11.5 Å². The lowest BCUT2D eigenvalue weighted by atomic mass is 10.2. The van der Waals surface area contributed by atoms with Gasteiger partial charge in [-0.3, -0.25) is 4.79 Å². The highest BCUT2D eigenvalue weighted by Crippen LogP contribution is 2.05. The summed E-state index contributed by atoms with van der Waals surface area (Å²) in [7, 11) is 0. The molecule has 1 heterocycles. The first-order chi connectivity index (χ1) is 6.16. The van der Waals surface area contributed by atoms with Gasteiger partial charge in [-0.25, -0.2) is 4.79 Å². The molecule has 0 amide bonds. The quantitative estimate of drug-likeness (QED) is 0.590. The zero-order chi connectivity index (χ0) is 9.84. The van der Waals surface area contributed by atoms with Crippen molar-refractivity contribution >= 4 is 5.97 Å². The molecule has 1 aromatic rings. The maximum absolute atomic E-state index is 10.9. The van der Waals surface area contributed by atoms with E-state index in [0.717, 1.165) is 0 Å². The van der Waals surface area contributed by atoms with Crippen LogP contribution < -0.4 is 11.3 Å². The standard InChI is InChI=1S/C7H10N2O4/c8-3-1-2-4-5(7(11)12)6(10)9-13-4/h1-3,8H2,(H,9,10)(H,11,12). The number of nitrogens with two attached hydrogens (primary N) is 1. The van der Waals surface area contributed by atoms with Crippen LogP contribution in [0.15, 0.2) is 9.32 Å². The predicted molar refractivity (Wildman–Crippen MR) is 43.7 cm³/mol. The lowest BCUT2D eigenvalue weighted by Crippen LogP contribution is -2.13. The van der Waals surface area contributed by atoms with Crippen molar-refractivity contribution in [2.24, 2.45) is 5.73 Å². The molecule has 0 aliphatic rings. The SMILES string of the molecule is NCCCc1o[nH]c(=O)c1C(=O)O. The van der Waals surface area contributed by atoms with E-state index in [0.29, 0.717) is 19.4 Å². The number of aromatic amines is 1. The number of carbonyl (C=O) groups is 1. The summed E-state index contributed by atoms with van der Waals surface area (Å²) in [6.07, 6.45) is 0.942. The summed E-state index contributed by atoms with van der Waals surface area (Å²) < 4.78 is 4.68. The molecule has 0 aromatic carbocycles. The van der Waals surface area contributed by atoms with E-state index in [1.54, 1.807) is 0 Å². The van der Waals surface area contributed by atoms with Crippen molar-refractivity contribution in [1.29, 1.82) is 0 Å². The molecular formula is C7H10N2O4. The molecule has 13 heavy (non-hydrogen) atoms. The first kappa shape index (κ1) is 9.53. The smallest absolute Gasteiger partial charge is 0.345 e. The van der Waals surface area contributed by atoms with Crippen LogP contribution in [-0.4, -0.2) is 22.8 Å². The van der Waals surface area contributed by atoms with E-state index in [1.165, 1.54) is 0 Å². The average molecular weight is 186 g/mol. The fraction of sp³-hybridized carbons (Fsp3) is 0.429. The van der Waals surface area contributed by atoms with Gasteiger partial charge in [-0.2, -0.15) is 5.16 Å². The minimum Gasteiger partial charge on any atom is -0.477 e. The Kier molecular flexibility index (Phi) is 2.86. The van der Waals surface area contributed by atoms with Gasteiger partial charge in [0.15, 0.2) is 11.3 Å². The summed E-state index contributed by atoms with van der Waals surface area (Å²) in [6, 6.07) is 0. The van der Waals surface area contributed by atoms with E-state index >= 15 is 0 Å². The summed E-state index contributed by atoms with van der Waals surface area (Å²) in [4.78, 5) is 21.4. The topological polar surface area (TPSA) is 109 Å². The van der Waals surface area contributed by atoms with Crippen LogP contribution in [-0.2, 0) is 6.42 Å². The van der Waals surface area contributed by atoms with Crippen LogP contribution in [0.1, 0.15) is 22.5 Å². The number of aryl methyl sites for hydroxylation is 1. The van der Waals surface area contributed by atoms with Crippen LogP contribution in [0, 0.1) is 0 Å². The average Bonchev–Trinajstić information content (AvgIpc) is 2.43. The molecule has 0 spiro atoms. The van der Waals surface area contributed by atoms with Crippen LogP contribution in [0.5, 0.6) is 0 Å². The Morgan fingerprint density at radius 2 is 2.31 bits per heavy atom. The number of carboxylic acid groups (broad SMARTS) is 1. The molecule has 72 valence electrons. The van der Waals surface area contributed by atoms with Crippen molar-refractivity contribution in [3.8, 4) is 0 Å². The Bertz CT molecular complexity index is 352. The van der Waals surface area contributed by atoms with Gasteiger partial charge >= 0.3 is 5.97 Å². The second-order valence-electron chi connectivity index (χ2n) is 2.53. The Morgan fingerprint density at radius 3 is 2.85 bits per heavy atom. The molecule has 0 saturated carbocycles. The number of hydrogen-bond donors (Lipinski definition) is 3. The second-order valence-corrected chi connectivity index (χ2v) is 2.53. The highest BCUT2D eigenvalue weighted by molar-refractivity contribution is 5.88. The minimum absolute atomic E-state index is 0.156. The molecule has 0 aliphatic carbocycles. The number of carboxylic acids is 1. The minimum atomic E-state index is -1.28. The first-order valence-electron chi connectivity index (χ1n) is 3.80. The highest BCUT2D eigenvalue weighted by Gasteiger charge is 2.18. The van der Waals surface area contributed by atoms with Gasteiger partial charge in [0.25, 0.3) is 5.56 Å². The molecule has 0 aliphatic heterocycles. The zero-order valence-electron chi connectivity index (χ0n) is 6.87. The van der Waals surface area contributed by atoms with Gasteiger partial charge in [0.1, 0.15) is 0 Å². The summed E-state index contributed by atoms with van der Waals surface area (Å²) in [5.74, 6) is -1.12. The summed E-state index contributed by atoms with van der Waals surface area (Å²) in [6.45, 7) is 0.425. The summed E-state index contributed by atoms with van der Waals surface area (Å²) in [5.41, 5.74) is 4.20. The number of rotatable bonds is 4. The van der Waals surface area contributed by atoms with Crippen LogP contribution >= 0.6 is 0 Å². The third kappa shape index (κ3) is 1.97. The largest absolute Gasteiger partial charge is 0.477 e. The van der Waals surface area contributed by atoms with Gasteiger partial charge in [-0.15, -0.1) is 0 Å². The van der Waals surface area contributed by atoms with E-state index in [-0.39, 0.29) is 11.3 Å². The van der Waals surface area contributed by atoms with Crippen molar-refractivity contribution in [3.05, 3.63) is 21.7 Å². The maximum atomic E-state index is 10.9. The van der Waals surface area contributed by atoms with E-state index in [9.17, 15) is 9.59 Å². The highest BCUT2D eigenvalue weighted by atomic mass is 16.5. The number of aromatic carboxylic acids is 1. The van der Waals surface area contributed by atoms with Crippen LogP contribution in [0.25, 0.3) is 0 Å². The monoisotopic (exact) mass is 186 g/mol. The predicted octanol–water partition coefficient (Wildman–Crippen LogP) is -0.443. The zero-order valence-corrected chi connectivity index (χ0v) is 6.87. The summed E-state index contributed by atoms with van der Waals surface area (Å²) >= 11 is 0. The molecule has 0 saturated heterocycles. The number of aromatic nitrogens is 1. The van der Waals surface area contributed by atoms with E-state index in [2.05, 4.69) is 4.52 Å². The van der Waals surface area contributed by atoms with Gasteiger partial charge in [-0.05, 0) is 13.0 Å². The first-order valence-corrected chi connectivity index (χ1v) is 3.80. The summed E-state index contributed by atoms with van der Waals surface area (Å²) in [5, 5.41) is 10.6. The van der Waals surface area contributed by atoms with Crippen LogP contribution in [0.3, 0.4) is 0 Å². The molecule has 0 unspecified atom stereocenters. The number of H-pyrrole nitrogens is 1. The molecule has 0 radical (unpaired) electrons. The van der Waals surface area contributed by atoms with Gasteiger partial charge < -0.3 is 15.4 Å². The van der Waals surface area contributed by atoms with Crippen molar-refractivity contribution in [1.82, 2.24) is 5.16 Å². The van der Waals surface area contributed by atoms with Gasteiger partial charge in [0, 0.05) is 6.42 Å². The molecule has 6 nitrogen and oxygen atoms in total. The van der Waals surface area contributed by atoms with Crippen LogP contribution in [0.2, 0.25) is 0 Å². The molecule has 0 atom stereocenters. The van der Waals surface area contributed by atoms with Gasteiger partial charge in [0.2, 0.25) is 0 Å². The fourth-order valence-corrected chi connectivity index (χ4v) is 0.992. The molecule has 0 fully saturated rings. The van der Waals surface area contributed by atoms with Crippen molar-refractivity contribution in [2.75, 3.05) is 6.54 Å².